The normalized spacial score (nSPS) is 16.9. The first-order valence-electron chi connectivity index (χ1n) is 10.7. The van der Waals surface area contributed by atoms with Crippen LogP contribution in [0.3, 0.4) is 0 Å². The van der Waals surface area contributed by atoms with E-state index in [1.807, 2.05) is 30.3 Å². The van der Waals surface area contributed by atoms with E-state index in [1.165, 1.54) is 25.5 Å². The quantitative estimate of drug-likeness (QED) is 0.785. The van der Waals surface area contributed by atoms with Gasteiger partial charge >= 0.3 is 6.03 Å². The molecule has 0 atom stereocenters. The second kappa shape index (κ2) is 8.30. The SMILES string of the molecule is CC(C)(O)C(=O)N1CCC(c2ccc(NC(=O)N3Cc4cccc(F)c4C3)cc2)CC1. The first kappa shape index (κ1) is 21.3. The Morgan fingerprint density at radius 3 is 2.32 bits per heavy atom. The van der Waals surface area contributed by atoms with Crippen LogP contribution in [-0.2, 0) is 17.9 Å². The number of benzene rings is 2. The van der Waals surface area contributed by atoms with E-state index in [-0.39, 0.29) is 24.3 Å². The Kier molecular flexibility index (Phi) is 5.71. The van der Waals surface area contributed by atoms with Crippen LogP contribution >= 0.6 is 0 Å². The van der Waals surface area contributed by atoms with Crippen molar-refractivity contribution in [3.63, 3.8) is 0 Å². The molecule has 7 heteroatoms. The first-order valence-corrected chi connectivity index (χ1v) is 10.7. The zero-order chi connectivity index (χ0) is 22.2. The summed E-state index contributed by atoms with van der Waals surface area (Å²) in [7, 11) is 0. The molecule has 1 saturated heterocycles. The van der Waals surface area contributed by atoms with Gasteiger partial charge in [-0.15, -0.1) is 0 Å². The van der Waals surface area contributed by atoms with E-state index in [0.29, 0.717) is 36.8 Å². The van der Waals surface area contributed by atoms with Gasteiger partial charge < -0.3 is 20.2 Å². The highest BCUT2D eigenvalue weighted by Gasteiger charge is 2.32. The van der Waals surface area contributed by atoms with Crippen LogP contribution in [0.5, 0.6) is 0 Å². The van der Waals surface area contributed by atoms with E-state index < -0.39 is 5.60 Å². The third kappa shape index (κ3) is 4.56. The highest BCUT2D eigenvalue weighted by atomic mass is 19.1. The van der Waals surface area contributed by atoms with Gasteiger partial charge in [0, 0.05) is 30.9 Å². The van der Waals surface area contributed by atoms with E-state index in [2.05, 4.69) is 5.32 Å². The zero-order valence-corrected chi connectivity index (χ0v) is 17.9. The fourth-order valence-electron chi connectivity index (χ4n) is 4.37. The molecule has 0 unspecified atom stereocenters. The van der Waals surface area contributed by atoms with Crippen molar-refractivity contribution in [1.29, 1.82) is 0 Å². The molecule has 0 saturated carbocycles. The zero-order valence-electron chi connectivity index (χ0n) is 17.9. The average Bonchev–Trinajstić information content (AvgIpc) is 3.19. The van der Waals surface area contributed by atoms with Gasteiger partial charge in [-0.1, -0.05) is 24.3 Å². The smallest absolute Gasteiger partial charge is 0.322 e. The Balaban J connectivity index is 1.32. The van der Waals surface area contributed by atoms with Crippen LogP contribution in [0.2, 0.25) is 0 Å². The number of hydrogen-bond donors (Lipinski definition) is 2. The molecule has 3 amide bonds. The van der Waals surface area contributed by atoms with Gasteiger partial charge in [0.2, 0.25) is 0 Å². The van der Waals surface area contributed by atoms with Crippen LogP contribution < -0.4 is 5.32 Å². The summed E-state index contributed by atoms with van der Waals surface area (Å²) in [6.07, 6.45) is 1.68. The van der Waals surface area contributed by atoms with E-state index in [1.54, 1.807) is 15.9 Å². The lowest BCUT2D eigenvalue weighted by Crippen LogP contribution is -2.48. The molecule has 2 aliphatic rings. The van der Waals surface area contributed by atoms with Crippen molar-refractivity contribution in [2.75, 3.05) is 18.4 Å². The summed E-state index contributed by atoms with van der Waals surface area (Å²) in [5.41, 5.74) is 1.96. The first-order chi connectivity index (χ1) is 14.7. The van der Waals surface area contributed by atoms with Crippen LogP contribution in [-0.4, -0.2) is 45.5 Å². The van der Waals surface area contributed by atoms with E-state index in [4.69, 9.17) is 0 Å². The van der Waals surface area contributed by atoms with Crippen molar-refractivity contribution in [1.82, 2.24) is 9.80 Å². The molecular weight excluding hydrogens is 397 g/mol. The number of fused-ring (bicyclic) bond motifs is 1. The minimum absolute atomic E-state index is 0.229. The number of nitrogens with zero attached hydrogens (tertiary/aromatic N) is 2. The lowest BCUT2D eigenvalue weighted by atomic mass is 9.89. The molecule has 2 aromatic carbocycles. The number of hydrogen-bond acceptors (Lipinski definition) is 3. The molecule has 6 nitrogen and oxygen atoms in total. The highest BCUT2D eigenvalue weighted by molar-refractivity contribution is 5.89. The molecule has 0 radical (unpaired) electrons. The summed E-state index contributed by atoms with van der Waals surface area (Å²) in [4.78, 5) is 28.1. The van der Waals surface area contributed by atoms with Gasteiger partial charge in [-0.2, -0.15) is 0 Å². The van der Waals surface area contributed by atoms with Crippen molar-refractivity contribution in [3.8, 4) is 0 Å². The molecule has 0 bridgehead atoms. The van der Waals surface area contributed by atoms with Crippen LogP contribution in [0.4, 0.5) is 14.9 Å². The Labute approximate surface area is 181 Å². The van der Waals surface area contributed by atoms with Crippen LogP contribution in [0.15, 0.2) is 42.5 Å². The number of carbonyl (C=O) groups excluding carboxylic acids is 2. The number of rotatable bonds is 3. The van der Waals surface area contributed by atoms with E-state index >= 15 is 0 Å². The van der Waals surface area contributed by atoms with Crippen molar-refractivity contribution in [2.45, 2.75) is 51.3 Å². The third-order valence-electron chi connectivity index (χ3n) is 6.15. The fraction of sp³-hybridized carbons (Fsp3) is 0.417. The Hall–Kier alpha value is -2.93. The lowest BCUT2D eigenvalue weighted by Gasteiger charge is -2.35. The third-order valence-corrected chi connectivity index (χ3v) is 6.15. The number of halogens is 1. The number of anilines is 1. The Bertz CT molecular complexity index is 977. The molecule has 2 N–H and O–H groups in total. The van der Waals surface area contributed by atoms with E-state index in [9.17, 15) is 19.1 Å². The largest absolute Gasteiger partial charge is 0.381 e. The van der Waals surface area contributed by atoms with Gasteiger partial charge in [0.25, 0.3) is 5.91 Å². The molecule has 1 fully saturated rings. The van der Waals surface area contributed by atoms with Crippen LogP contribution in [0.1, 0.15) is 49.3 Å². The summed E-state index contributed by atoms with van der Waals surface area (Å²) >= 11 is 0. The predicted octanol–water partition coefficient (Wildman–Crippen LogP) is 3.85. The van der Waals surface area contributed by atoms with E-state index in [0.717, 1.165) is 18.4 Å². The maximum Gasteiger partial charge on any atom is 0.322 e. The molecule has 2 aliphatic heterocycles. The van der Waals surface area contributed by atoms with Crippen molar-refractivity contribution < 1.29 is 19.1 Å². The van der Waals surface area contributed by atoms with Gasteiger partial charge in [-0.05, 0) is 61.9 Å². The Morgan fingerprint density at radius 2 is 1.71 bits per heavy atom. The second-order valence-electron chi connectivity index (χ2n) is 8.91. The van der Waals surface area contributed by atoms with Crippen molar-refractivity contribution >= 4 is 17.6 Å². The maximum absolute atomic E-state index is 13.9. The number of likely N-dealkylation sites (tertiary alicyclic amines) is 1. The monoisotopic (exact) mass is 425 g/mol. The summed E-state index contributed by atoms with van der Waals surface area (Å²) < 4.78 is 13.9. The number of carbonyl (C=O) groups is 2. The van der Waals surface area contributed by atoms with Gasteiger partial charge in [0.1, 0.15) is 11.4 Å². The van der Waals surface area contributed by atoms with Gasteiger partial charge in [0.05, 0.1) is 6.54 Å². The molecule has 4 rings (SSSR count). The summed E-state index contributed by atoms with van der Waals surface area (Å²) in [5, 5.41) is 12.8. The maximum atomic E-state index is 13.9. The average molecular weight is 426 g/mol. The minimum Gasteiger partial charge on any atom is -0.381 e. The minimum atomic E-state index is -1.34. The summed E-state index contributed by atoms with van der Waals surface area (Å²) in [6.45, 7) is 4.96. The van der Waals surface area contributed by atoms with Gasteiger partial charge in [0.15, 0.2) is 0 Å². The highest BCUT2D eigenvalue weighted by Crippen LogP contribution is 2.30. The molecule has 2 aromatic rings. The van der Waals surface area contributed by atoms with Gasteiger partial charge in [-0.25, -0.2) is 9.18 Å². The fourth-order valence-corrected chi connectivity index (χ4v) is 4.37. The molecular formula is C24H28FN3O3. The van der Waals surface area contributed by atoms with Gasteiger partial charge in [-0.3, -0.25) is 4.79 Å². The topological polar surface area (TPSA) is 72.9 Å². The summed E-state index contributed by atoms with van der Waals surface area (Å²) in [5.74, 6) is -0.160. The van der Waals surface area contributed by atoms with Crippen molar-refractivity contribution in [2.24, 2.45) is 0 Å². The number of piperidine rings is 1. The lowest BCUT2D eigenvalue weighted by molar-refractivity contribution is -0.148. The molecule has 164 valence electrons. The number of aliphatic hydroxyl groups is 1. The molecule has 31 heavy (non-hydrogen) atoms. The van der Waals surface area contributed by atoms with Crippen LogP contribution in [0.25, 0.3) is 0 Å². The number of amides is 3. The Morgan fingerprint density at radius 1 is 1.03 bits per heavy atom. The van der Waals surface area contributed by atoms with Crippen molar-refractivity contribution in [3.05, 3.63) is 65.0 Å². The standard InChI is InChI=1S/C24H28FN3O3/c1-24(2,31)22(29)27-12-10-17(11-13-27)16-6-8-19(9-7-16)26-23(30)28-14-18-4-3-5-21(25)20(18)15-28/h3-9,17,31H,10-15H2,1-2H3,(H,26,30). The molecule has 0 spiro atoms. The second-order valence-corrected chi connectivity index (χ2v) is 8.91. The van der Waals surface area contributed by atoms with Crippen LogP contribution in [0, 0.1) is 5.82 Å². The number of nitrogens with one attached hydrogen (secondary N) is 1. The molecule has 0 aromatic heterocycles. The number of urea groups is 1. The molecule has 2 heterocycles. The molecule has 0 aliphatic carbocycles. The summed E-state index contributed by atoms with van der Waals surface area (Å²) in [6, 6.07) is 12.5. The predicted molar refractivity (Wildman–Crippen MR) is 116 cm³/mol.